The Labute approximate surface area is 166 Å². The van der Waals surface area contributed by atoms with E-state index in [4.69, 9.17) is 5.73 Å². The zero-order valence-corrected chi connectivity index (χ0v) is 16.3. The maximum Gasteiger partial charge on any atom is 0.0742 e. The van der Waals surface area contributed by atoms with Crippen LogP contribution in [0.25, 0.3) is 16.6 Å². The van der Waals surface area contributed by atoms with E-state index < -0.39 is 0 Å². The van der Waals surface area contributed by atoms with Gasteiger partial charge in [-0.25, -0.2) is 4.68 Å². The largest absolute Gasteiger partial charge is 0.324 e. The number of nitrogens with two attached hydrogens (primary N) is 1. The highest BCUT2D eigenvalue weighted by Crippen LogP contribution is 2.27. The molecule has 0 aliphatic rings. The quantitative estimate of drug-likeness (QED) is 0.504. The van der Waals surface area contributed by atoms with Crippen LogP contribution < -0.4 is 5.73 Å². The van der Waals surface area contributed by atoms with Gasteiger partial charge in [-0.05, 0) is 42.0 Å². The fraction of sp³-hybridized carbons (Fsp3) is 0.100. The van der Waals surface area contributed by atoms with Crippen LogP contribution in [0, 0.1) is 0 Å². The lowest BCUT2D eigenvalue weighted by molar-refractivity contribution is 0.696. The van der Waals surface area contributed by atoms with E-state index in [9.17, 15) is 0 Å². The summed E-state index contributed by atoms with van der Waals surface area (Å²) in [4.78, 5) is 4.39. The summed E-state index contributed by atoms with van der Waals surface area (Å²) in [5, 5.41) is 5.67. The van der Waals surface area contributed by atoms with Gasteiger partial charge in [0.05, 0.1) is 17.4 Å². The number of rotatable bonds is 4. The number of nitrogens with zero attached hydrogens (tertiary/aromatic N) is 3. The van der Waals surface area contributed by atoms with Crippen molar-refractivity contribution in [3.8, 4) is 5.69 Å². The molecular weight excluding hydrogens is 412 g/mol. The van der Waals surface area contributed by atoms with Gasteiger partial charge in [0.1, 0.15) is 0 Å². The first-order valence-electron chi connectivity index (χ1n) is 8.10. The Morgan fingerprint density at radius 2 is 1.85 bits per heavy atom. The van der Waals surface area contributed by atoms with Crippen molar-refractivity contribution < 1.29 is 0 Å². The molecule has 0 bridgehead atoms. The van der Waals surface area contributed by atoms with E-state index >= 15 is 0 Å². The van der Waals surface area contributed by atoms with Gasteiger partial charge in [-0.1, -0.05) is 40.2 Å². The summed E-state index contributed by atoms with van der Waals surface area (Å²) in [6.45, 7) is 0. The average Bonchev–Trinajstić information content (AvgIpc) is 3.05. The molecule has 1 atom stereocenters. The van der Waals surface area contributed by atoms with Gasteiger partial charge in [-0.3, -0.25) is 4.98 Å². The van der Waals surface area contributed by atoms with Crippen molar-refractivity contribution in [2.45, 2.75) is 12.5 Å². The minimum absolute atomic E-state index is 0. The first-order valence-corrected chi connectivity index (χ1v) is 8.90. The third-order valence-corrected chi connectivity index (χ3v) is 4.74. The van der Waals surface area contributed by atoms with Crippen LogP contribution in [0.1, 0.15) is 17.3 Å². The van der Waals surface area contributed by atoms with Gasteiger partial charge in [0.15, 0.2) is 0 Å². The number of hydrogen-bond acceptors (Lipinski definition) is 3. The molecule has 26 heavy (non-hydrogen) atoms. The van der Waals surface area contributed by atoms with Crippen molar-refractivity contribution in [2.75, 3.05) is 0 Å². The molecule has 4 nitrogen and oxygen atoms in total. The predicted octanol–water partition coefficient (Wildman–Crippen LogP) is 4.85. The topological polar surface area (TPSA) is 56.7 Å². The Morgan fingerprint density at radius 3 is 2.65 bits per heavy atom. The monoisotopic (exact) mass is 428 g/mol. The number of fused-ring (bicyclic) bond motifs is 1. The number of halogens is 2. The minimum atomic E-state index is -0.152. The van der Waals surface area contributed by atoms with Crippen molar-refractivity contribution in [1.82, 2.24) is 14.8 Å². The Kier molecular flexibility index (Phi) is 5.71. The van der Waals surface area contributed by atoms with Crippen LogP contribution in [0.2, 0.25) is 0 Å². The van der Waals surface area contributed by atoms with Crippen LogP contribution in [-0.4, -0.2) is 14.8 Å². The molecule has 0 amide bonds. The molecule has 132 valence electrons. The number of benzene rings is 2. The Balaban J connectivity index is 0.00000196. The van der Waals surface area contributed by atoms with Gasteiger partial charge in [-0.15, -0.1) is 12.4 Å². The summed E-state index contributed by atoms with van der Waals surface area (Å²) in [7, 11) is 0. The third kappa shape index (κ3) is 3.65. The number of para-hydroxylation sites is 1. The van der Waals surface area contributed by atoms with Crippen molar-refractivity contribution in [1.29, 1.82) is 0 Å². The third-order valence-electron chi connectivity index (χ3n) is 4.25. The van der Waals surface area contributed by atoms with Gasteiger partial charge in [0.2, 0.25) is 0 Å². The molecule has 4 rings (SSSR count). The van der Waals surface area contributed by atoms with E-state index in [-0.39, 0.29) is 18.4 Å². The second-order valence-electron chi connectivity index (χ2n) is 5.95. The van der Waals surface area contributed by atoms with Gasteiger partial charge in [-0.2, -0.15) is 5.10 Å². The highest BCUT2D eigenvalue weighted by atomic mass is 79.9. The van der Waals surface area contributed by atoms with Crippen molar-refractivity contribution >= 4 is 39.2 Å². The summed E-state index contributed by atoms with van der Waals surface area (Å²) in [6.07, 6.45) is 4.36. The molecule has 2 aromatic carbocycles. The van der Waals surface area contributed by atoms with Gasteiger partial charge in [0.25, 0.3) is 0 Å². The maximum absolute atomic E-state index is 6.51. The smallest absolute Gasteiger partial charge is 0.0742 e. The first kappa shape index (κ1) is 18.6. The molecule has 0 saturated carbocycles. The summed E-state index contributed by atoms with van der Waals surface area (Å²) in [5.74, 6) is 0. The number of aromatic nitrogens is 3. The van der Waals surface area contributed by atoms with E-state index in [0.717, 1.165) is 32.3 Å². The molecule has 6 heteroatoms. The standard InChI is InChI=1S/C20H17BrN4.ClH/c21-15-8-9-19-14(11-15)13-24-25(19)20-7-2-1-6-17(20)18(22)12-16-5-3-4-10-23-16;/h1-11,13,18H,12,22H2;1H. The second-order valence-corrected chi connectivity index (χ2v) is 6.87. The molecule has 4 aromatic rings. The van der Waals surface area contributed by atoms with E-state index in [1.807, 2.05) is 47.3 Å². The zero-order valence-electron chi connectivity index (χ0n) is 13.9. The predicted molar refractivity (Wildman–Crippen MR) is 111 cm³/mol. The van der Waals surface area contributed by atoms with E-state index in [0.29, 0.717) is 6.42 Å². The first-order chi connectivity index (χ1) is 12.2. The Hall–Kier alpha value is -2.21. The van der Waals surface area contributed by atoms with Gasteiger partial charge < -0.3 is 5.73 Å². The molecule has 2 aromatic heterocycles. The Morgan fingerprint density at radius 1 is 1.04 bits per heavy atom. The van der Waals surface area contributed by atoms with Crippen molar-refractivity contribution in [2.24, 2.45) is 5.73 Å². The SMILES string of the molecule is Cl.NC(Cc1ccccn1)c1ccccc1-n1ncc2cc(Br)ccc21. The molecule has 2 N–H and O–H groups in total. The normalized spacial score (nSPS) is 11.9. The molecule has 0 fully saturated rings. The summed E-state index contributed by atoms with van der Waals surface area (Å²) in [6, 6.07) is 20.1. The average molecular weight is 430 g/mol. The molecule has 0 radical (unpaired) electrons. The highest BCUT2D eigenvalue weighted by molar-refractivity contribution is 9.10. The maximum atomic E-state index is 6.51. The lowest BCUT2D eigenvalue weighted by Crippen LogP contribution is -2.17. The molecule has 0 aliphatic heterocycles. The summed E-state index contributed by atoms with van der Waals surface area (Å²) < 4.78 is 3.00. The van der Waals surface area contributed by atoms with Crippen molar-refractivity contribution in [3.63, 3.8) is 0 Å². The lowest BCUT2D eigenvalue weighted by atomic mass is 10.0. The van der Waals surface area contributed by atoms with Gasteiger partial charge in [0, 0.05) is 34.2 Å². The number of pyridine rings is 1. The highest BCUT2D eigenvalue weighted by Gasteiger charge is 2.15. The number of hydrogen-bond donors (Lipinski definition) is 1. The summed E-state index contributed by atoms with van der Waals surface area (Å²) in [5.41, 5.74) is 10.6. The molecular formula is C20H18BrClN4. The minimum Gasteiger partial charge on any atom is -0.324 e. The Bertz CT molecular complexity index is 1020. The molecule has 1 unspecified atom stereocenters. The second kappa shape index (κ2) is 7.99. The fourth-order valence-corrected chi connectivity index (χ4v) is 3.42. The van der Waals surface area contributed by atoms with Crippen LogP contribution in [0.4, 0.5) is 0 Å². The molecule has 2 heterocycles. The van der Waals surface area contributed by atoms with Gasteiger partial charge >= 0.3 is 0 Å². The zero-order chi connectivity index (χ0) is 17.2. The van der Waals surface area contributed by atoms with E-state index in [1.165, 1.54) is 0 Å². The van der Waals surface area contributed by atoms with E-state index in [2.05, 4.69) is 50.3 Å². The van der Waals surface area contributed by atoms with Crippen LogP contribution in [0.3, 0.4) is 0 Å². The fourth-order valence-electron chi connectivity index (χ4n) is 3.04. The molecule has 0 spiro atoms. The van der Waals surface area contributed by atoms with E-state index in [1.54, 1.807) is 6.20 Å². The van der Waals surface area contributed by atoms with Crippen molar-refractivity contribution in [3.05, 3.63) is 88.8 Å². The van der Waals surface area contributed by atoms with Crippen LogP contribution in [0.15, 0.2) is 77.5 Å². The molecule has 0 saturated heterocycles. The lowest BCUT2D eigenvalue weighted by Gasteiger charge is -2.17. The van der Waals surface area contributed by atoms with Crippen LogP contribution >= 0.6 is 28.3 Å². The van der Waals surface area contributed by atoms with Crippen LogP contribution in [0.5, 0.6) is 0 Å². The molecule has 0 aliphatic carbocycles. The van der Waals surface area contributed by atoms with Crippen LogP contribution in [-0.2, 0) is 6.42 Å². The summed E-state index contributed by atoms with van der Waals surface area (Å²) >= 11 is 3.51.